The number of halogens is 1. The van der Waals surface area contributed by atoms with Gasteiger partial charge in [0.15, 0.2) is 0 Å². The Kier molecular flexibility index (Phi) is 26.4. The number of piperidine rings is 3. The quantitative estimate of drug-likeness (QED) is 0.130. The fourth-order valence-electron chi connectivity index (χ4n) is 9.11. The van der Waals surface area contributed by atoms with E-state index in [0.717, 1.165) is 74.2 Å². The summed E-state index contributed by atoms with van der Waals surface area (Å²) in [7, 11) is 0. The summed E-state index contributed by atoms with van der Waals surface area (Å²) in [5, 5.41) is 39.5. The van der Waals surface area contributed by atoms with Crippen LogP contribution in [-0.2, 0) is 9.47 Å². The lowest BCUT2D eigenvalue weighted by Gasteiger charge is -2.33. The van der Waals surface area contributed by atoms with Crippen LogP contribution in [0.1, 0.15) is 145 Å². The topological polar surface area (TPSA) is 184 Å². The van der Waals surface area contributed by atoms with E-state index in [0.29, 0.717) is 25.2 Å². The fourth-order valence-corrected chi connectivity index (χ4v) is 9.11. The van der Waals surface area contributed by atoms with Crippen LogP contribution < -0.4 is 5.32 Å². The van der Waals surface area contributed by atoms with Crippen LogP contribution in [0.2, 0.25) is 0 Å². The molecule has 0 aliphatic carbocycles. The van der Waals surface area contributed by atoms with Gasteiger partial charge in [0.2, 0.25) is 0 Å². The summed E-state index contributed by atoms with van der Waals surface area (Å²) >= 11 is 0. The number of phenols is 1. The van der Waals surface area contributed by atoms with E-state index in [1.807, 2.05) is 71.1 Å². The average Bonchev–Trinajstić information content (AvgIpc) is 4.18. The molecule has 3 aliphatic heterocycles. The molecule has 3 aliphatic rings. The second-order valence-electron chi connectivity index (χ2n) is 21.7. The number of ether oxygens (including phenoxy) is 2. The largest absolute Gasteiger partial charge is 0.508 e. The van der Waals surface area contributed by atoms with Crippen molar-refractivity contribution < 1.29 is 24.2 Å². The van der Waals surface area contributed by atoms with Gasteiger partial charge >= 0.3 is 12.2 Å². The lowest BCUT2D eigenvalue weighted by atomic mass is 10.00. The van der Waals surface area contributed by atoms with Crippen LogP contribution in [0.4, 0.5) is 9.59 Å². The Hall–Kier alpha value is -6.65. The normalized spacial score (nSPS) is 14.8. The van der Waals surface area contributed by atoms with Gasteiger partial charge in [0.1, 0.15) is 17.0 Å². The Morgan fingerprint density at radius 1 is 0.538 bits per heavy atom. The Balaban J connectivity index is 0.000000339. The zero-order chi connectivity index (χ0) is 52.3. The molecule has 3 fully saturated rings. The number of phenolic OH excluding ortho intramolecular Hbond substituents is 1. The van der Waals surface area contributed by atoms with E-state index in [-0.39, 0.29) is 65.7 Å². The number of aromatic hydroxyl groups is 1. The molecular weight excluding hydrogens is 1000 g/mol. The second-order valence-corrected chi connectivity index (χ2v) is 21.7. The molecule has 8 aromatic rings. The van der Waals surface area contributed by atoms with Crippen molar-refractivity contribution in [2.24, 2.45) is 5.92 Å². The minimum Gasteiger partial charge on any atom is -0.508 e. The van der Waals surface area contributed by atoms with Gasteiger partial charge in [-0.3, -0.25) is 19.6 Å². The van der Waals surface area contributed by atoms with Crippen molar-refractivity contribution in [3.63, 3.8) is 0 Å². The van der Waals surface area contributed by atoms with Crippen molar-refractivity contribution >= 4 is 68.2 Å². The standard InChI is InChI=1S/C18H25N3O2.C13H17N3.C11H21NO2.C8H8N2.C7H6N2O.4CH4.ClH/c1-13-5-6-16-14(11-13)12-19-21(16)15-7-9-20(10-8-15)17(22)23-18(2,3)4;1-10-2-3-13-11(8-10)9-15-16(13)12-4-6-14-7-5-12;1-9-5-7-12(8-6-9)10(13)14-11(2,3)4;1-6-2-3-8-7(4-6)5-9-10-8;10-6-1-2-7-5(3-6)4-8-9-7;;;;;/h5-6,11-12,15H,7-10H2,1-4H3;2-3,8-9,12,14H,4-7H2,1H3;9H,5-8H2,1-4H3;2-5H,1H3,(H,9,10);1-4,10H,(H,8,9);4*1H4;1H. The summed E-state index contributed by atoms with van der Waals surface area (Å²) in [4.78, 5) is 27.4. The Labute approximate surface area is 471 Å². The molecule has 16 nitrogen and oxygen atoms in total. The van der Waals surface area contributed by atoms with Gasteiger partial charge in [0.05, 0.1) is 58.9 Å². The molecule has 4 aromatic heterocycles. The van der Waals surface area contributed by atoms with Gasteiger partial charge in [-0.1, -0.05) is 71.5 Å². The van der Waals surface area contributed by atoms with E-state index in [4.69, 9.17) is 14.6 Å². The molecule has 0 atom stereocenters. The predicted molar refractivity (Wildman–Crippen MR) is 325 cm³/mol. The molecule has 0 spiro atoms. The summed E-state index contributed by atoms with van der Waals surface area (Å²) in [6.45, 7) is 25.3. The number of nitrogens with one attached hydrogen (secondary N) is 3. The van der Waals surface area contributed by atoms with Crippen molar-refractivity contribution in [3.8, 4) is 5.75 Å². The van der Waals surface area contributed by atoms with Crippen molar-refractivity contribution in [3.05, 3.63) is 114 Å². The first-order chi connectivity index (χ1) is 34.8. The van der Waals surface area contributed by atoms with Gasteiger partial charge in [-0.15, -0.1) is 12.4 Å². The molecule has 4 aromatic carbocycles. The number of carbonyl (C=O) groups excluding carboxylic acids is 2. The summed E-state index contributed by atoms with van der Waals surface area (Å²) < 4.78 is 15.1. The molecular formula is C61H94ClN11O5. The van der Waals surface area contributed by atoms with Gasteiger partial charge in [-0.05, 0) is 174 Å². The van der Waals surface area contributed by atoms with Crippen LogP contribution in [0.5, 0.6) is 5.75 Å². The number of aromatic nitrogens is 8. The second kappa shape index (κ2) is 30.5. The highest BCUT2D eigenvalue weighted by Gasteiger charge is 2.29. The van der Waals surface area contributed by atoms with Gasteiger partial charge in [-0.25, -0.2) is 9.59 Å². The molecule has 0 bridgehead atoms. The number of rotatable bonds is 2. The molecule has 11 rings (SSSR count). The van der Waals surface area contributed by atoms with Crippen LogP contribution in [0.15, 0.2) is 97.6 Å². The van der Waals surface area contributed by atoms with Gasteiger partial charge in [0, 0.05) is 47.7 Å². The average molecular weight is 1100 g/mol. The number of fused-ring (bicyclic) bond motifs is 4. The maximum Gasteiger partial charge on any atom is 0.410 e. The van der Waals surface area contributed by atoms with E-state index < -0.39 is 5.60 Å². The summed E-state index contributed by atoms with van der Waals surface area (Å²) in [5.41, 5.74) is 7.50. The molecule has 430 valence electrons. The van der Waals surface area contributed by atoms with Crippen LogP contribution in [0.25, 0.3) is 43.6 Å². The lowest BCUT2D eigenvalue weighted by molar-refractivity contribution is 0.0177. The van der Waals surface area contributed by atoms with E-state index in [1.54, 1.807) is 29.3 Å². The summed E-state index contributed by atoms with van der Waals surface area (Å²) in [6.07, 6.45) is 13.4. The van der Waals surface area contributed by atoms with Crippen LogP contribution in [0, 0.1) is 26.7 Å². The first-order valence-electron chi connectivity index (χ1n) is 25.8. The van der Waals surface area contributed by atoms with Gasteiger partial charge in [0.25, 0.3) is 0 Å². The zero-order valence-corrected chi connectivity index (χ0v) is 45.8. The third kappa shape index (κ3) is 19.4. The number of carbonyl (C=O) groups is 2. The summed E-state index contributed by atoms with van der Waals surface area (Å²) in [6, 6.07) is 25.2. The fraction of sp³-hybridized carbons (Fsp3) is 0.508. The monoisotopic (exact) mass is 1100 g/mol. The SMILES string of the molecule is C.C.C.C.CC1CCN(C(=O)OC(C)(C)C)CC1.Cc1ccc2[nH]ncc2c1.Cc1ccc2c(cnn2C2CCN(C(=O)OC(C)(C)C)CC2)c1.Cc1ccc2c(cnn2C2CCNCC2)c1.Cl.Oc1ccc2[nH]ncc2c1. The van der Waals surface area contributed by atoms with Crippen LogP contribution in [-0.4, -0.2) is 118 Å². The molecule has 7 heterocycles. The van der Waals surface area contributed by atoms with Crippen molar-refractivity contribution in [2.75, 3.05) is 39.3 Å². The van der Waals surface area contributed by atoms with Gasteiger partial charge in [-0.2, -0.15) is 20.4 Å². The molecule has 0 unspecified atom stereocenters. The number of hydrogen-bond donors (Lipinski definition) is 4. The molecule has 78 heavy (non-hydrogen) atoms. The van der Waals surface area contributed by atoms with Crippen LogP contribution >= 0.6 is 12.4 Å². The lowest BCUT2D eigenvalue weighted by Crippen LogP contribution is -2.42. The molecule has 17 heteroatoms. The van der Waals surface area contributed by atoms with Crippen molar-refractivity contribution in [2.45, 2.75) is 161 Å². The number of amides is 2. The summed E-state index contributed by atoms with van der Waals surface area (Å²) in [5.74, 6) is 1.02. The number of benzene rings is 4. The maximum absolute atomic E-state index is 12.1. The number of hydrogen-bond acceptors (Lipinski definition) is 10. The third-order valence-electron chi connectivity index (χ3n) is 13.1. The van der Waals surface area contributed by atoms with E-state index in [1.165, 1.54) is 56.7 Å². The highest BCUT2D eigenvalue weighted by Crippen LogP contribution is 2.28. The number of aromatic amines is 2. The molecule has 4 N–H and O–H groups in total. The van der Waals surface area contributed by atoms with Gasteiger partial charge < -0.3 is 29.7 Å². The Morgan fingerprint density at radius 3 is 1.37 bits per heavy atom. The molecule has 2 amide bonds. The Morgan fingerprint density at radius 2 is 0.923 bits per heavy atom. The zero-order valence-electron chi connectivity index (χ0n) is 45.0. The van der Waals surface area contributed by atoms with Crippen molar-refractivity contribution in [1.82, 2.24) is 55.1 Å². The maximum atomic E-state index is 12.1. The van der Waals surface area contributed by atoms with E-state index in [2.05, 4.69) is 121 Å². The minimum absolute atomic E-state index is 0. The number of likely N-dealkylation sites (tertiary alicyclic amines) is 2. The van der Waals surface area contributed by atoms with E-state index >= 15 is 0 Å². The first-order valence-corrected chi connectivity index (χ1v) is 25.8. The predicted octanol–water partition coefficient (Wildman–Crippen LogP) is 14.9. The molecule has 3 saturated heterocycles. The smallest absolute Gasteiger partial charge is 0.410 e. The Bertz CT molecular complexity index is 2960. The molecule has 0 radical (unpaired) electrons. The number of H-pyrrole nitrogens is 2. The number of nitrogens with zero attached hydrogens (tertiary/aromatic N) is 8. The highest BCUT2D eigenvalue weighted by molar-refractivity contribution is 5.85. The molecule has 0 saturated carbocycles. The highest BCUT2D eigenvalue weighted by atomic mass is 35.5. The number of aryl methyl sites for hydroxylation is 3. The minimum atomic E-state index is -0.440. The third-order valence-corrected chi connectivity index (χ3v) is 13.1. The van der Waals surface area contributed by atoms with Crippen LogP contribution in [0.3, 0.4) is 0 Å². The first kappa shape index (κ1) is 67.5. The van der Waals surface area contributed by atoms with E-state index in [9.17, 15) is 9.59 Å². The van der Waals surface area contributed by atoms with Crippen molar-refractivity contribution in [1.29, 1.82) is 0 Å².